The van der Waals surface area contributed by atoms with E-state index >= 15 is 0 Å². The zero-order chi connectivity index (χ0) is 12.6. The van der Waals surface area contributed by atoms with Crippen molar-refractivity contribution in [1.29, 1.82) is 0 Å². The van der Waals surface area contributed by atoms with Crippen LogP contribution in [0.2, 0.25) is 0 Å². The fourth-order valence-corrected chi connectivity index (χ4v) is 2.58. The number of benzene rings is 1. The number of nitrogens with two attached hydrogens (primary N) is 1. The highest BCUT2D eigenvalue weighted by Gasteiger charge is 2.38. The molecule has 0 amide bonds. The van der Waals surface area contributed by atoms with Crippen molar-refractivity contribution in [3.05, 3.63) is 29.7 Å². The minimum absolute atomic E-state index is 0.149. The molecule has 2 N–H and O–H groups in total. The van der Waals surface area contributed by atoms with Gasteiger partial charge in [-0.15, -0.1) is 0 Å². The summed E-state index contributed by atoms with van der Waals surface area (Å²) in [7, 11) is 0. The van der Waals surface area contributed by atoms with Crippen LogP contribution in [0.25, 0.3) is 11.1 Å². The maximum Gasteiger partial charge on any atom is 0.203 e. The van der Waals surface area contributed by atoms with Crippen LogP contribution >= 0.6 is 0 Å². The Labute approximate surface area is 106 Å². The van der Waals surface area contributed by atoms with Crippen molar-refractivity contribution in [2.75, 3.05) is 19.8 Å². The second kappa shape index (κ2) is 4.37. The Morgan fingerprint density at radius 2 is 2.11 bits per heavy atom. The van der Waals surface area contributed by atoms with Gasteiger partial charge in [-0.05, 0) is 31.4 Å². The Bertz CT molecular complexity index is 556. The predicted octanol–water partition coefficient (Wildman–Crippen LogP) is 2.14. The number of ether oxygens (including phenoxy) is 1. The molecule has 1 aromatic heterocycles. The summed E-state index contributed by atoms with van der Waals surface area (Å²) in [5, 5.41) is 0. The normalized spacial score (nSPS) is 19.2. The quantitative estimate of drug-likeness (QED) is 0.882. The largest absolute Gasteiger partial charge is 0.440 e. The molecule has 0 saturated carbocycles. The van der Waals surface area contributed by atoms with Crippen molar-refractivity contribution >= 4 is 11.1 Å². The zero-order valence-electron chi connectivity index (χ0n) is 10.6. The first-order valence-electron chi connectivity index (χ1n) is 6.40. The Kier molecular flexibility index (Phi) is 2.84. The van der Waals surface area contributed by atoms with Gasteiger partial charge in [0.25, 0.3) is 0 Å². The minimum Gasteiger partial charge on any atom is -0.440 e. The molecule has 1 aliphatic rings. The highest BCUT2D eigenvalue weighted by Crippen LogP contribution is 2.35. The first-order chi connectivity index (χ1) is 8.75. The van der Waals surface area contributed by atoms with Crippen molar-refractivity contribution in [2.45, 2.75) is 25.2 Å². The van der Waals surface area contributed by atoms with Crippen molar-refractivity contribution in [1.82, 2.24) is 4.98 Å². The molecule has 96 valence electrons. The Morgan fingerprint density at radius 3 is 2.78 bits per heavy atom. The third kappa shape index (κ3) is 1.72. The average Bonchev–Trinajstić information content (AvgIpc) is 2.85. The fourth-order valence-electron chi connectivity index (χ4n) is 2.58. The summed E-state index contributed by atoms with van der Waals surface area (Å²) in [5.41, 5.74) is 8.74. The van der Waals surface area contributed by atoms with Crippen LogP contribution in [0, 0.1) is 6.92 Å². The molecule has 2 aromatic rings. The molecule has 0 atom stereocenters. The molecule has 4 heteroatoms. The Morgan fingerprint density at radius 1 is 1.33 bits per heavy atom. The molecule has 1 aromatic carbocycles. The van der Waals surface area contributed by atoms with Crippen molar-refractivity contribution in [3.8, 4) is 0 Å². The van der Waals surface area contributed by atoms with E-state index in [1.54, 1.807) is 0 Å². The summed E-state index contributed by atoms with van der Waals surface area (Å²) >= 11 is 0. The molecule has 4 nitrogen and oxygen atoms in total. The number of aryl methyl sites for hydroxylation is 1. The van der Waals surface area contributed by atoms with E-state index < -0.39 is 0 Å². The Balaban J connectivity index is 2.09. The van der Waals surface area contributed by atoms with Crippen LogP contribution in [-0.4, -0.2) is 24.7 Å². The number of aromatic nitrogens is 1. The van der Waals surface area contributed by atoms with Gasteiger partial charge in [-0.25, -0.2) is 4.98 Å². The van der Waals surface area contributed by atoms with Gasteiger partial charge in [0.2, 0.25) is 5.89 Å². The molecule has 0 unspecified atom stereocenters. The lowest BCUT2D eigenvalue weighted by Gasteiger charge is -2.32. The van der Waals surface area contributed by atoms with Crippen LogP contribution in [-0.2, 0) is 10.2 Å². The topological polar surface area (TPSA) is 61.3 Å². The molecular formula is C14H18N2O2. The van der Waals surface area contributed by atoms with Gasteiger partial charge < -0.3 is 14.9 Å². The third-order valence-corrected chi connectivity index (χ3v) is 3.91. The molecule has 0 aliphatic carbocycles. The fraction of sp³-hybridized carbons (Fsp3) is 0.500. The van der Waals surface area contributed by atoms with Gasteiger partial charge in [-0.1, -0.05) is 12.1 Å². The van der Waals surface area contributed by atoms with Gasteiger partial charge in [0.05, 0.1) is 5.41 Å². The second-order valence-corrected chi connectivity index (χ2v) is 5.04. The second-order valence-electron chi connectivity index (χ2n) is 5.04. The van der Waals surface area contributed by atoms with Crippen LogP contribution in [0.15, 0.2) is 22.6 Å². The summed E-state index contributed by atoms with van der Waals surface area (Å²) in [6, 6.07) is 6.03. The van der Waals surface area contributed by atoms with E-state index in [1.165, 1.54) is 0 Å². The predicted molar refractivity (Wildman–Crippen MR) is 69.5 cm³/mol. The number of hydrogen-bond acceptors (Lipinski definition) is 4. The number of fused-ring (bicyclic) bond motifs is 1. The molecule has 1 fully saturated rings. The molecule has 0 spiro atoms. The first kappa shape index (κ1) is 11.7. The monoisotopic (exact) mass is 246 g/mol. The van der Waals surface area contributed by atoms with E-state index in [-0.39, 0.29) is 5.41 Å². The lowest BCUT2D eigenvalue weighted by atomic mass is 9.80. The number of nitrogens with zero attached hydrogens (tertiary/aromatic N) is 1. The van der Waals surface area contributed by atoms with Crippen molar-refractivity contribution < 1.29 is 9.15 Å². The summed E-state index contributed by atoms with van der Waals surface area (Å²) in [6.45, 7) is 4.06. The maximum absolute atomic E-state index is 5.99. The van der Waals surface area contributed by atoms with Gasteiger partial charge in [0.15, 0.2) is 5.58 Å². The van der Waals surface area contributed by atoms with E-state index in [9.17, 15) is 0 Å². The molecule has 1 saturated heterocycles. The lowest BCUT2D eigenvalue weighted by Crippen LogP contribution is -2.40. The third-order valence-electron chi connectivity index (χ3n) is 3.91. The van der Waals surface area contributed by atoms with Crippen LogP contribution in [0.5, 0.6) is 0 Å². The van der Waals surface area contributed by atoms with Gasteiger partial charge in [0, 0.05) is 19.8 Å². The van der Waals surface area contributed by atoms with E-state index in [4.69, 9.17) is 14.9 Å². The highest BCUT2D eigenvalue weighted by molar-refractivity contribution is 5.76. The summed E-state index contributed by atoms with van der Waals surface area (Å²) in [6.07, 6.45) is 1.77. The molecular weight excluding hydrogens is 228 g/mol. The molecule has 18 heavy (non-hydrogen) atoms. The van der Waals surface area contributed by atoms with Crippen LogP contribution < -0.4 is 5.73 Å². The summed E-state index contributed by atoms with van der Waals surface area (Å²) < 4.78 is 11.4. The highest BCUT2D eigenvalue weighted by atomic mass is 16.5. The number of rotatable bonds is 2. The molecule has 2 heterocycles. The lowest BCUT2D eigenvalue weighted by molar-refractivity contribution is 0.0438. The standard InChI is InChI=1S/C14H18N2O2/c1-10-3-2-4-11-12(10)18-13(16-11)14(9-15)5-7-17-8-6-14/h2-4H,5-9,15H2,1H3. The van der Waals surface area contributed by atoms with Gasteiger partial charge in [0.1, 0.15) is 5.52 Å². The summed E-state index contributed by atoms with van der Waals surface area (Å²) in [5.74, 6) is 0.776. The van der Waals surface area contributed by atoms with Crippen LogP contribution in [0.1, 0.15) is 24.3 Å². The molecule has 0 radical (unpaired) electrons. The van der Waals surface area contributed by atoms with Gasteiger partial charge in [-0.3, -0.25) is 0 Å². The number of para-hydroxylation sites is 1. The van der Waals surface area contributed by atoms with Crippen LogP contribution in [0.4, 0.5) is 0 Å². The maximum atomic E-state index is 5.99. The number of oxazole rings is 1. The zero-order valence-corrected chi connectivity index (χ0v) is 10.6. The van der Waals surface area contributed by atoms with Gasteiger partial charge >= 0.3 is 0 Å². The average molecular weight is 246 g/mol. The van der Waals surface area contributed by atoms with E-state index in [1.807, 2.05) is 25.1 Å². The van der Waals surface area contributed by atoms with E-state index in [0.29, 0.717) is 6.54 Å². The van der Waals surface area contributed by atoms with Gasteiger partial charge in [-0.2, -0.15) is 0 Å². The molecule has 3 rings (SSSR count). The van der Waals surface area contributed by atoms with Crippen LogP contribution in [0.3, 0.4) is 0 Å². The smallest absolute Gasteiger partial charge is 0.203 e. The Hall–Kier alpha value is -1.39. The molecule has 1 aliphatic heterocycles. The number of hydrogen-bond donors (Lipinski definition) is 1. The first-order valence-corrected chi connectivity index (χ1v) is 6.40. The van der Waals surface area contributed by atoms with E-state index in [0.717, 1.165) is 48.6 Å². The van der Waals surface area contributed by atoms with Crippen molar-refractivity contribution in [3.63, 3.8) is 0 Å². The van der Waals surface area contributed by atoms with E-state index in [2.05, 4.69) is 4.98 Å². The minimum atomic E-state index is -0.149. The molecule has 0 bridgehead atoms. The van der Waals surface area contributed by atoms with Crippen molar-refractivity contribution in [2.24, 2.45) is 5.73 Å². The SMILES string of the molecule is Cc1cccc2nc(C3(CN)CCOCC3)oc12. The summed E-state index contributed by atoms with van der Waals surface area (Å²) in [4.78, 5) is 4.64.